The standard InChI is InChI=1S/C30H25N5O5/c1-38-22-13-11-21(12-14-22)27-24(18-36)28-30(37)34(15-16-35(28)32-27)17-26-31-29(33-40-26)23-9-5-6-10-25(23)39-19-20-7-3-2-4-8-20/h2-16,36H,17-19H2,1H3. The topological polar surface area (TPSA) is 117 Å². The summed E-state index contributed by atoms with van der Waals surface area (Å²) in [5.41, 5.74) is 3.36. The van der Waals surface area contributed by atoms with Gasteiger partial charge >= 0.3 is 0 Å². The maximum absolute atomic E-state index is 13.5. The molecule has 0 radical (unpaired) electrons. The molecule has 0 bridgehead atoms. The van der Waals surface area contributed by atoms with Crippen molar-refractivity contribution in [2.75, 3.05) is 7.11 Å². The molecule has 40 heavy (non-hydrogen) atoms. The van der Waals surface area contributed by atoms with Crippen LogP contribution < -0.4 is 15.0 Å². The summed E-state index contributed by atoms with van der Waals surface area (Å²) >= 11 is 0. The van der Waals surface area contributed by atoms with Gasteiger partial charge in [-0.25, -0.2) is 4.52 Å². The third-order valence-electron chi connectivity index (χ3n) is 6.52. The number of ether oxygens (including phenoxy) is 2. The summed E-state index contributed by atoms with van der Waals surface area (Å²) in [4.78, 5) is 18.0. The lowest BCUT2D eigenvalue weighted by atomic mass is 10.1. The lowest BCUT2D eigenvalue weighted by molar-refractivity contribution is 0.283. The molecule has 200 valence electrons. The molecule has 0 aliphatic rings. The van der Waals surface area contributed by atoms with Gasteiger partial charge in [0.05, 0.1) is 25.0 Å². The second-order valence-electron chi connectivity index (χ2n) is 9.02. The molecule has 0 aliphatic carbocycles. The van der Waals surface area contributed by atoms with E-state index >= 15 is 0 Å². The van der Waals surface area contributed by atoms with Crippen molar-refractivity contribution in [1.82, 2.24) is 24.3 Å². The molecule has 0 amide bonds. The molecule has 0 atom stereocenters. The van der Waals surface area contributed by atoms with E-state index in [2.05, 4.69) is 15.2 Å². The van der Waals surface area contributed by atoms with Crippen LogP contribution in [0.2, 0.25) is 0 Å². The molecule has 0 saturated heterocycles. The van der Waals surface area contributed by atoms with Gasteiger partial charge in [0.1, 0.15) is 30.2 Å². The number of fused-ring (bicyclic) bond motifs is 1. The zero-order valence-corrected chi connectivity index (χ0v) is 21.6. The maximum Gasteiger partial charge on any atom is 0.277 e. The molecule has 6 aromatic rings. The van der Waals surface area contributed by atoms with Gasteiger partial charge in [-0.3, -0.25) is 4.79 Å². The second kappa shape index (κ2) is 10.9. The number of rotatable bonds is 9. The Morgan fingerprint density at radius 2 is 1.73 bits per heavy atom. The Kier molecular flexibility index (Phi) is 6.82. The monoisotopic (exact) mass is 535 g/mol. The first-order valence-electron chi connectivity index (χ1n) is 12.6. The van der Waals surface area contributed by atoms with Crippen LogP contribution in [0.15, 0.2) is 101 Å². The van der Waals surface area contributed by atoms with Crippen LogP contribution in [0.25, 0.3) is 28.2 Å². The van der Waals surface area contributed by atoms with Crippen LogP contribution in [-0.4, -0.2) is 36.5 Å². The highest BCUT2D eigenvalue weighted by molar-refractivity contribution is 5.72. The Morgan fingerprint density at radius 3 is 2.50 bits per heavy atom. The number of para-hydroxylation sites is 1. The molecular formula is C30H25N5O5. The maximum atomic E-state index is 13.5. The van der Waals surface area contributed by atoms with E-state index in [-0.39, 0.29) is 30.1 Å². The SMILES string of the molecule is COc1ccc(-c2nn3ccn(Cc4nc(-c5ccccc5OCc5ccccc5)no4)c(=O)c3c2CO)cc1. The van der Waals surface area contributed by atoms with Gasteiger partial charge in [0.2, 0.25) is 11.7 Å². The minimum atomic E-state index is -0.353. The third-order valence-corrected chi connectivity index (χ3v) is 6.52. The molecule has 3 aromatic carbocycles. The van der Waals surface area contributed by atoms with Crippen LogP contribution in [0.3, 0.4) is 0 Å². The van der Waals surface area contributed by atoms with E-state index in [1.54, 1.807) is 31.6 Å². The van der Waals surface area contributed by atoms with E-state index in [9.17, 15) is 9.90 Å². The Morgan fingerprint density at radius 1 is 0.950 bits per heavy atom. The average molecular weight is 536 g/mol. The second-order valence-corrected chi connectivity index (χ2v) is 9.02. The van der Waals surface area contributed by atoms with Crippen LogP contribution >= 0.6 is 0 Å². The highest BCUT2D eigenvalue weighted by atomic mass is 16.5. The van der Waals surface area contributed by atoms with Crippen molar-refractivity contribution in [3.63, 3.8) is 0 Å². The van der Waals surface area contributed by atoms with Crippen molar-refractivity contribution in [1.29, 1.82) is 0 Å². The van der Waals surface area contributed by atoms with Gasteiger partial charge in [-0.15, -0.1) is 0 Å². The molecule has 0 fully saturated rings. The van der Waals surface area contributed by atoms with Gasteiger partial charge in [-0.05, 0) is 42.0 Å². The predicted molar refractivity (Wildman–Crippen MR) is 147 cm³/mol. The Balaban J connectivity index is 1.28. The van der Waals surface area contributed by atoms with Crippen molar-refractivity contribution < 1.29 is 19.1 Å². The number of aromatic nitrogens is 5. The number of benzene rings is 3. The molecule has 6 rings (SSSR count). The Hall–Kier alpha value is -5.22. The van der Waals surface area contributed by atoms with Crippen molar-refractivity contribution in [2.45, 2.75) is 19.8 Å². The molecule has 10 nitrogen and oxygen atoms in total. The summed E-state index contributed by atoms with van der Waals surface area (Å²) in [6, 6.07) is 24.6. The first kappa shape index (κ1) is 25.1. The fraction of sp³-hybridized carbons (Fsp3) is 0.133. The van der Waals surface area contributed by atoms with E-state index in [0.29, 0.717) is 40.8 Å². The minimum Gasteiger partial charge on any atom is -0.497 e. The van der Waals surface area contributed by atoms with Crippen molar-refractivity contribution in [2.24, 2.45) is 0 Å². The van der Waals surface area contributed by atoms with Crippen LogP contribution in [0.1, 0.15) is 17.0 Å². The molecule has 10 heteroatoms. The molecule has 0 spiro atoms. The number of aliphatic hydroxyl groups excluding tert-OH is 1. The van der Waals surface area contributed by atoms with Gasteiger partial charge in [-0.2, -0.15) is 10.1 Å². The van der Waals surface area contributed by atoms with Crippen molar-refractivity contribution in [3.8, 4) is 34.1 Å². The number of methoxy groups -OCH3 is 1. The minimum absolute atomic E-state index is 0.0449. The first-order chi connectivity index (χ1) is 19.6. The number of aliphatic hydroxyl groups is 1. The van der Waals surface area contributed by atoms with E-state index in [0.717, 1.165) is 11.1 Å². The Bertz CT molecular complexity index is 1820. The lowest BCUT2D eigenvalue weighted by Gasteiger charge is -2.09. The molecule has 0 saturated carbocycles. The largest absolute Gasteiger partial charge is 0.497 e. The third kappa shape index (κ3) is 4.83. The molecule has 1 N–H and O–H groups in total. The summed E-state index contributed by atoms with van der Waals surface area (Å²) in [5.74, 6) is 1.93. The summed E-state index contributed by atoms with van der Waals surface area (Å²) in [6.45, 7) is 0.0902. The quantitative estimate of drug-likeness (QED) is 0.291. The Labute approximate surface area is 228 Å². The van der Waals surface area contributed by atoms with Crippen molar-refractivity contribution >= 4 is 5.52 Å². The smallest absolute Gasteiger partial charge is 0.277 e. The number of hydrogen-bond donors (Lipinski definition) is 1. The van der Waals surface area contributed by atoms with Gasteiger partial charge in [0.15, 0.2) is 0 Å². The van der Waals surface area contributed by atoms with Crippen LogP contribution in [0, 0.1) is 0 Å². The summed E-state index contributed by atoms with van der Waals surface area (Å²) in [5, 5.41) is 18.8. The fourth-order valence-corrected chi connectivity index (χ4v) is 4.49. The summed E-state index contributed by atoms with van der Waals surface area (Å²) in [6.07, 6.45) is 3.26. The van der Waals surface area contributed by atoms with Crippen LogP contribution in [-0.2, 0) is 19.8 Å². The average Bonchev–Trinajstić information content (AvgIpc) is 3.63. The van der Waals surface area contributed by atoms with Crippen LogP contribution in [0.4, 0.5) is 0 Å². The number of hydrogen-bond acceptors (Lipinski definition) is 8. The van der Waals surface area contributed by atoms with Crippen LogP contribution in [0.5, 0.6) is 11.5 Å². The summed E-state index contributed by atoms with van der Waals surface area (Å²) < 4.78 is 19.7. The first-order valence-corrected chi connectivity index (χ1v) is 12.6. The highest BCUT2D eigenvalue weighted by Gasteiger charge is 2.19. The zero-order valence-electron chi connectivity index (χ0n) is 21.6. The molecule has 0 unspecified atom stereocenters. The van der Waals surface area contributed by atoms with Gasteiger partial charge < -0.3 is 23.7 Å². The van der Waals surface area contributed by atoms with E-state index in [1.165, 1.54) is 9.08 Å². The zero-order chi connectivity index (χ0) is 27.5. The fourth-order valence-electron chi connectivity index (χ4n) is 4.49. The molecule has 3 heterocycles. The van der Waals surface area contributed by atoms with Crippen molar-refractivity contribution in [3.05, 3.63) is 119 Å². The van der Waals surface area contributed by atoms with E-state index in [4.69, 9.17) is 14.0 Å². The molecule has 0 aliphatic heterocycles. The van der Waals surface area contributed by atoms with Gasteiger partial charge in [0.25, 0.3) is 5.56 Å². The van der Waals surface area contributed by atoms with E-state index < -0.39 is 0 Å². The van der Waals surface area contributed by atoms with Gasteiger partial charge in [-0.1, -0.05) is 47.6 Å². The van der Waals surface area contributed by atoms with Gasteiger partial charge in [0, 0.05) is 23.5 Å². The highest BCUT2D eigenvalue weighted by Crippen LogP contribution is 2.29. The summed E-state index contributed by atoms with van der Waals surface area (Å²) in [7, 11) is 1.59. The van der Waals surface area contributed by atoms with E-state index in [1.807, 2.05) is 66.7 Å². The normalized spacial score (nSPS) is 11.2. The number of nitrogens with zero attached hydrogens (tertiary/aromatic N) is 5. The molecular weight excluding hydrogens is 510 g/mol. The lowest BCUT2D eigenvalue weighted by Crippen LogP contribution is -2.22. The predicted octanol–water partition coefficient (Wildman–Crippen LogP) is 4.34. The molecule has 3 aromatic heterocycles.